The summed E-state index contributed by atoms with van der Waals surface area (Å²) in [5.41, 5.74) is 0.939. The minimum absolute atomic E-state index is 0.107. The molecule has 1 aromatic carbocycles. The zero-order valence-corrected chi connectivity index (χ0v) is 12.6. The number of non-ortho nitro benzene ring substituents is 1. The van der Waals surface area contributed by atoms with Gasteiger partial charge in [0.05, 0.1) is 4.92 Å². The predicted molar refractivity (Wildman–Crippen MR) is 81.0 cm³/mol. The standard InChI is InChI=1S/C15H21ClN2O2/c1-17(10-12-5-3-2-4-6-12)11-13-9-14(18(19)20)7-8-15(13)16/h7-9,12H,2-6,10-11H2,1H3. The Balaban J connectivity index is 1.97. The van der Waals surface area contributed by atoms with Crippen LogP contribution in [0, 0.1) is 16.0 Å². The molecule has 20 heavy (non-hydrogen) atoms. The second-order valence-electron chi connectivity index (χ2n) is 5.73. The smallest absolute Gasteiger partial charge is 0.269 e. The predicted octanol–water partition coefficient (Wildman–Crippen LogP) is 4.26. The molecule has 1 aromatic rings. The van der Waals surface area contributed by atoms with E-state index in [0.717, 1.165) is 18.0 Å². The number of rotatable bonds is 5. The van der Waals surface area contributed by atoms with Gasteiger partial charge in [-0.05, 0) is 37.4 Å². The van der Waals surface area contributed by atoms with E-state index in [1.54, 1.807) is 12.1 Å². The van der Waals surface area contributed by atoms with Crippen LogP contribution >= 0.6 is 11.6 Å². The van der Waals surface area contributed by atoms with Gasteiger partial charge < -0.3 is 4.90 Å². The topological polar surface area (TPSA) is 46.4 Å². The maximum absolute atomic E-state index is 10.8. The molecule has 0 unspecified atom stereocenters. The molecular weight excluding hydrogens is 276 g/mol. The van der Waals surface area contributed by atoms with E-state index >= 15 is 0 Å². The van der Waals surface area contributed by atoms with Crippen LogP contribution in [0.3, 0.4) is 0 Å². The fourth-order valence-electron chi connectivity index (χ4n) is 2.96. The molecule has 2 rings (SSSR count). The molecule has 0 aliphatic heterocycles. The Kier molecular flexibility index (Phi) is 5.38. The van der Waals surface area contributed by atoms with Crippen molar-refractivity contribution in [3.8, 4) is 0 Å². The van der Waals surface area contributed by atoms with Crippen LogP contribution in [-0.4, -0.2) is 23.4 Å². The Hall–Kier alpha value is -1.13. The minimum Gasteiger partial charge on any atom is -0.302 e. The fraction of sp³-hybridized carbons (Fsp3) is 0.600. The van der Waals surface area contributed by atoms with Crippen molar-refractivity contribution in [1.29, 1.82) is 0 Å². The van der Waals surface area contributed by atoms with Crippen LogP contribution < -0.4 is 0 Å². The van der Waals surface area contributed by atoms with E-state index in [2.05, 4.69) is 11.9 Å². The fourth-order valence-corrected chi connectivity index (χ4v) is 3.14. The number of nitrogens with zero attached hydrogens (tertiary/aromatic N) is 2. The monoisotopic (exact) mass is 296 g/mol. The van der Waals surface area contributed by atoms with Crippen LogP contribution in [0.5, 0.6) is 0 Å². The summed E-state index contributed by atoms with van der Waals surface area (Å²) in [6.45, 7) is 1.70. The molecule has 0 radical (unpaired) electrons. The molecule has 0 atom stereocenters. The van der Waals surface area contributed by atoms with Crippen molar-refractivity contribution in [3.63, 3.8) is 0 Å². The molecule has 0 N–H and O–H groups in total. The summed E-state index contributed by atoms with van der Waals surface area (Å²) in [6, 6.07) is 4.65. The van der Waals surface area contributed by atoms with Gasteiger partial charge in [-0.15, -0.1) is 0 Å². The highest BCUT2D eigenvalue weighted by Gasteiger charge is 2.17. The molecule has 1 fully saturated rings. The molecule has 1 aliphatic carbocycles. The van der Waals surface area contributed by atoms with Crippen molar-refractivity contribution < 1.29 is 4.92 Å². The number of hydrogen-bond acceptors (Lipinski definition) is 3. The average molecular weight is 297 g/mol. The van der Waals surface area contributed by atoms with Gasteiger partial charge >= 0.3 is 0 Å². The van der Waals surface area contributed by atoms with E-state index in [1.165, 1.54) is 38.2 Å². The minimum atomic E-state index is -0.374. The lowest BCUT2D eigenvalue weighted by Crippen LogP contribution is -2.26. The molecule has 0 saturated heterocycles. The van der Waals surface area contributed by atoms with Crippen molar-refractivity contribution in [2.24, 2.45) is 5.92 Å². The van der Waals surface area contributed by atoms with Crippen molar-refractivity contribution in [2.45, 2.75) is 38.6 Å². The normalized spacial score (nSPS) is 16.6. The Bertz CT molecular complexity index is 473. The van der Waals surface area contributed by atoms with E-state index in [0.29, 0.717) is 11.6 Å². The lowest BCUT2D eigenvalue weighted by molar-refractivity contribution is -0.384. The van der Waals surface area contributed by atoms with Gasteiger partial charge in [-0.25, -0.2) is 0 Å². The first-order valence-corrected chi connectivity index (χ1v) is 7.55. The Morgan fingerprint density at radius 1 is 1.35 bits per heavy atom. The molecule has 5 heteroatoms. The number of nitro benzene ring substituents is 1. The zero-order chi connectivity index (χ0) is 14.5. The first-order valence-electron chi connectivity index (χ1n) is 7.17. The van der Waals surface area contributed by atoms with Crippen LogP contribution in [0.4, 0.5) is 5.69 Å². The summed E-state index contributed by atoms with van der Waals surface area (Å²) >= 11 is 6.14. The highest BCUT2D eigenvalue weighted by molar-refractivity contribution is 6.31. The quantitative estimate of drug-likeness (QED) is 0.602. The summed E-state index contributed by atoms with van der Waals surface area (Å²) in [6.07, 6.45) is 6.61. The van der Waals surface area contributed by atoms with E-state index in [1.807, 2.05) is 0 Å². The average Bonchev–Trinajstić information content (AvgIpc) is 2.42. The third kappa shape index (κ3) is 4.18. The summed E-state index contributed by atoms with van der Waals surface area (Å²) in [7, 11) is 2.06. The summed E-state index contributed by atoms with van der Waals surface area (Å²) in [5, 5.41) is 11.4. The number of halogens is 1. The molecule has 110 valence electrons. The summed E-state index contributed by atoms with van der Waals surface area (Å²) < 4.78 is 0. The van der Waals surface area contributed by atoms with Crippen LogP contribution in [0.1, 0.15) is 37.7 Å². The van der Waals surface area contributed by atoms with Crippen molar-refractivity contribution in [1.82, 2.24) is 4.90 Å². The molecule has 0 heterocycles. The van der Waals surface area contributed by atoms with Gasteiger partial charge in [0.25, 0.3) is 5.69 Å². The van der Waals surface area contributed by atoms with Gasteiger partial charge in [0.2, 0.25) is 0 Å². The molecule has 4 nitrogen and oxygen atoms in total. The van der Waals surface area contributed by atoms with Gasteiger partial charge in [-0.2, -0.15) is 0 Å². The first-order chi connectivity index (χ1) is 9.56. The van der Waals surface area contributed by atoms with Gasteiger partial charge in [-0.3, -0.25) is 10.1 Å². The van der Waals surface area contributed by atoms with Gasteiger partial charge in [0.1, 0.15) is 0 Å². The maximum Gasteiger partial charge on any atom is 0.269 e. The van der Waals surface area contributed by atoms with E-state index < -0.39 is 0 Å². The molecule has 0 bridgehead atoms. The highest BCUT2D eigenvalue weighted by Crippen LogP contribution is 2.26. The lowest BCUT2D eigenvalue weighted by atomic mass is 9.89. The van der Waals surface area contributed by atoms with Crippen LogP contribution in [0.15, 0.2) is 18.2 Å². The summed E-state index contributed by atoms with van der Waals surface area (Å²) in [4.78, 5) is 12.7. The lowest BCUT2D eigenvalue weighted by Gasteiger charge is -2.27. The Labute approximate surface area is 124 Å². The van der Waals surface area contributed by atoms with Crippen LogP contribution in [-0.2, 0) is 6.54 Å². The van der Waals surface area contributed by atoms with Crippen LogP contribution in [0.2, 0.25) is 5.02 Å². The van der Waals surface area contributed by atoms with Gasteiger partial charge in [0, 0.05) is 30.2 Å². The molecule has 1 saturated carbocycles. The third-order valence-electron chi connectivity index (χ3n) is 3.97. The highest BCUT2D eigenvalue weighted by atomic mass is 35.5. The van der Waals surface area contributed by atoms with Crippen molar-refractivity contribution in [2.75, 3.05) is 13.6 Å². The third-order valence-corrected chi connectivity index (χ3v) is 4.34. The molecular formula is C15H21ClN2O2. The Morgan fingerprint density at radius 3 is 2.70 bits per heavy atom. The number of benzene rings is 1. The number of nitro groups is 1. The Morgan fingerprint density at radius 2 is 2.05 bits per heavy atom. The second kappa shape index (κ2) is 7.04. The second-order valence-corrected chi connectivity index (χ2v) is 6.14. The van der Waals surface area contributed by atoms with E-state index in [-0.39, 0.29) is 10.6 Å². The van der Waals surface area contributed by atoms with Gasteiger partial charge in [-0.1, -0.05) is 30.9 Å². The molecule has 0 spiro atoms. The summed E-state index contributed by atoms with van der Waals surface area (Å²) in [5.74, 6) is 0.756. The van der Waals surface area contributed by atoms with Crippen molar-refractivity contribution in [3.05, 3.63) is 38.9 Å². The van der Waals surface area contributed by atoms with E-state index in [4.69, 9.17) is 11.6 Å². The van der Waals surface area contributed by atoms with Crippen molar-refractivity contribution >= 4 is 17.3 Å². The molecule has 0 aromatic heterocycles. The van der Waals surface area contributed by atoms with Crippen LogP contribution in [0.25, 0.3) is 0 Å². The first kappa shape index (κ1) is 15.3. The van der Waals surface area contributed by atoms with Gasteiger partial charge in [0.15, 0.2) is 0 Å². The molecule has 1 aliphatic rings. The molecule has 0 amide bonds. The number of hydrogen-bond donors (Lipinski definition) is 0. The zero-order valence-electron chi connectivity index (χ0n) is 11.8. The maximum atomic E-state index is 10.8. The largest absolute Gasteiger partial charge is 0.302 e. The van der Waals surface area contributed by atoms with E-state index in [9.17, 15) is 10.1 Å². The SMILES string of the molecule is CN(Cc1cc([N+](=O)[O-])ccc1Cl)CC1CCCCC1.